The number of anilines is 2. The summed E-state index contributed by atoms with van der Waals surface area (Å²) >= 11 is 6.26. The molecule has 12 amide bonds. The number of nitrogens with zero attached hydrogens (tertiary/aromatic N) is 7. The highest BCUT2D eigenvalue weighted by molar-refractivity contribution is 6.30. The minimum absolute atomic E-state index is 0.00869. The molecule has 0 radical (unpaired) electrons. The molecule has 38 heteroatoms. The number of likely N-dealkylation sites (tertiary alicyclic amines) is 1. The summed E-state index contributed by atoms with van der Waals surface area (Å²) in [4.78, 5) is 208. The van der Waals surface area contributed by atoms with E-state index in [-0.39, 0.29) is 145 Å². The fraction of sp³-hybridized carbons (Fsp3) is 0.442. The van der Waals surface area contributed by atoms with Crippen LogP contribution in [0.3, 0.4) is 0 Å². The van der Waals surface area contributed by atoms with Gasteiger partial charge in [0.05, 0.1) is 6.61 Å². The second-order valence-electron chi connectivity index (χ2n) is 28.1. The normalized spacial score (nSPS) is 14.7. The monoisotopic (exact) mass is 1610 g/mol. The van der Waals surface area contributed by atoms with Crippen molar-refractivity contribution >= 4 is 117 Å². The predicted octanol–water partition coefficient (Wildman–Crippen LogP) is -0.568. The molecule has 0 saturated carbocycles. The Morgan fingerprint density at radius 3 is 1.54 bits per heavy atom. The molecule has 1 aliphatic rings. The van der Waals surface area contributed by atoms with Crippen LogP contribution in [0.4, 0.5) is 11.6 Å². The lowest BCUT2D eigenvalue weighted by atomic mass is 9.99. The zero-order valence-corrected chi connectivity index (χ0v) is 65.0. The fourth-order valence-corrected chi connectivity index (χ4v) is 12.8. The number of carbonyl (C=O) groups is 13. The van der Waals surface area contributed by atoms with Crippen LogP contribution >= 0.6 is 11.6 Å². The maximum absolute atomic E-state index is 15.2. The summed E-state index contributed by atoms with van der Waals surface area (Å²) in [6.07, 6.45) is 8.09. The first-order valence-electron chi connectivity index (χ1n) is 37.7. The summed E-state index contributed by atoms with van der Waals surface area (Å²) in [7, 11) is 0. The average Bonchev–Trinajstić information content (AvgIpc) is 1.77. The van der Waals surface area contributed by atoms with E-state index in [0.717, 1.165) is 10.8 Å². The van der Waals surface area contributed by atoms with Gasteiger partial charge in [-0.1, -0.05) is 86.1 Å². The number of aliphatic hydroxyl groups is 1. The number of hydrogen-bond acceptors (Lipinski definition) is 22. The molecule has 616 valence electrons. The number of aliphatic carboxylic acids is 1. The number of carboxylic acids is 1. The van der Waals surface area contributed by atoms with Crippen molar-refractivity contribution < 1.29 is 72.5 Å². The summed E-state index contributed by atoms with van der Waals surface area (Å²) in [5, 5.41) is 52.0. The fourth-order valence-electron chi connectivity index (χ4n) is 12.6. The van der Waals surface area contributed by atoms with E-state index >= 15 is 9.59 Å². The number of rotatable bonds is 44. The molecular formula is C77H101ClN22O15. The van der Waals surface area contributed by atoms with E-state index in [0.29, 0.717) is 28.1 Å². The Morgan fingerprint density at radius 1 is 0.530 bits per heavy atom. The number of hydrogen-bond donors (Lipinski definition) is 17. The highest BCUT2D eigenvalue weighted by atomic mass is 35.5. The number of nitrogens with one attached hydrogen (secondary N) is 11. The van der Waals surface area contributed by atoms with Crippen molar-refractivity contribution in [1.82, 2.24) is 88.3 Å². The van der Waals surface area contributed by atoms with Crippen LogP contribution in [0.5, 0.6) is 0 Å². The first kappa shape index (κ1) is 89.7. The molecule has 1 fully saturated rings. The molecule has 0 bridgehead atoms. The van der Waals surface area contributed by atoms with Gasteiger partial charge in [0.15, 0.2) is 29.0 Å². The molecule has 3 aromatic heterocycles. The summed E-state index contributed by atoms with van der Waals surface area (Å²) in [5.74, 6) is -12.1. The number of pyridine rings is 1. The Kier molecular flexibility index (Phi) is 35.3. The molecule has 6 aromatic rings. The largest absolute Gasteiger partial charge is 0.480 e. The molecule has 0 spiro atoms. The minimum Gasteiger partial charge on any atom is -0.480 e. The predicted molar refractivity (Wildman–Crippen MR) is 424 cm³/mol. The van der Waals surface area contributed by atoms with Crippen molar-refractivity contribution in [2.24, 2.45) is 22.4 Å². The van der Waals surface area contributed by atoms with Crippen LogP contribution in [0.2, 0.25) is 5.02 Å². The molecule has 0 unspecified atom stereocenters. The summed E-state index contributed by atoms with van der Waals surface area (Å²) in [5.41, 5.74) is 24.3. The SMILES string of the molecule is CC(=O)N[C@@H](Cc1ccc2ccccc2c1)C(=O)N[C@@H](Cc1ccc(Cl)cc1)C(=O)N[C@@H](Cc1cccnc1)C(=O)N[C@@H](CO)C(=O)N[C@@H](CCCCNC(=O)c1nccnc1N)C(=O)N[C@@H](CCCCNC(=O)c1nccnc1N)C(=O)N[C@@H](CC(C)C)C(=O)N[C@@H](CCCN=C(N)N)C(=O)N1CCC[C@@H]1C(=O)N[C@@H](C)C(=O)O. The van der Waals surface area contributed by atoms with E-state index in [1.54, 1.807) is 50.2 Å². The van der Waals surface area contributed by atoms with Gasteiger partial charge >= 0.3 is 5.97 Å². The molecule has 1 aliphatic heterocycles. The van der Waals surface area contributed by atoms with Crippen molar-refractivity contribution in [2.45, 2.75) is 178 Å². The van der Waals surface area contributed by atoms with Gasteiger partial charge in [-0.3, -0.25) is 72.3 Å². The smallest absolute Gasteiger partial charge is 0.325 e. The molecule has 37 nitrogen and oxygen atoms in total. The molecule has 3 aromatic carbocycles. The Hall–Kier alpha value is -12.5. The zero-order valence-electron chi connectivity index (χ0n) is 64.3. The van der Waals surface area contributed by atoms with Gasteiger partial charge in [-0.15, -0.1) is 0 Å². The van der Waals surface area contributed by atoms with E-state index in [2.05, 4.69) is 88.4 Å². The number of carbonyl (C=O) groups excluding carboxylic acids is 12. The number of aliphatic imine (C=N–C) groups is 1. The molecule has 4 heterocycles. The van der Waals surface area contributed by atoms with Crippen LogP contribution in [0.25, 0.3) is 10.8 Å². The number of aromatic nitrogens is 5. The number of nitrogens with two attached hydrogens (primary N) is 4. The Bertz CT molecular complexity index is 4410. The van der Waals surface area contributed by atoms with E-state index in [9.17, 15) is 63.0 Å². The summed E-state index contributed by atoms with van der Waals surface area (Å²) in [6, 6.07) is 8.21. The third-order valence-corrected chi connectivity index (χ3v) is 18.8. The minimum atomic E-state index is -1.89. The molecular weight excluding hydrogens is 1510 g/mol. The number of benzene rings is 3. The maximum Gasteiger partial charge on any atom is 0.325 e. The number of amides is 12. The quantitative estimate of drug-likeness (QED) is 0.0129. The maximum atomic E-state index is 15.2. The summed E-state index contributed by atoms with van der Waals surface area (Å²) < 4.78 is 0. The van der Waals surface area contributed by atoms with Gasteiger partial charge in [-0.25, -0.2) is 19.9 Å². The van der Waals surface area contributed by atoms with Gasteiger partial charge in [0, 0.05) is 94.6 Å². The Balaban J connectivity index is 1.17. The average molecular weight is 1610 g/mol. The second kappa shape index (κ2) is 45.2. The molecule has 21 N–H and O–H groups in total. The molecule has 10 atom stereocenters. The highest BCUT2D eigenvalue weighted by Crippen LogP contribution is 2.23. The van der Waals surface area contributed by atoms with Crippen LogP contribution in [0.1, 0.15) is 136 Å². The van der Waals surface area contributed by atoms with Gasteiger partial charge in [-0.05, 0) is 129 Å². The topological polar surface area (TPSA) is 579 Å². The number of halogens is 1. The van der Waals surface area contributed by atoms with Crippen molar-refractivity contribution in [3.63, 3.8) is 0 Å². The van der Waals surface area contributed by atoms with E-state index in [1.807, 2.05) is 42.5 Å². The number of carboxylic acid groups (broad SMARTS) is 1. The van der Waals surface area contributed by atoms with Crippen molar-refractivity contribution in [1.29, 1.82) is 0 Å². The van der Waals surface area contributed by atoms with Gasteiger partial charge in [0.2, 0.25) is 59.1 Å². The standard InChI is InChI=1S/C77H101ClN22O15/c1-43(2)36-55(67(105)95-54(19-12-30-90-77(81)82)75(113)100-35-13-20-60(100)72(110)91-44(3)76(114)115)96-66(104)53(18-8-10-29-89-74(112)62-64(80)87-34-32-85-62)93-65(103)52(17-7-9-28-88-73(111)61-63(79)86-33-31-84-61)94-71(109)59(42-101)99-70(108)58(40-48-14-11-27-83-41-48)98-69(107)57(38-46-22-25-51(78)26-23-46)97-68(106)56(92-45(4)102)39-47-21-24-49-15-5-6-16-50(49)37-47/h5-6,11,14-16,21-27,31-34,37,41,43-44,52-60,101H,7-10,12-13,17-20,28-30,35-36,38-40,42H2,1-4H3,(H2,79,86)(H2,80,87)(H,88,111)(H,89,112)(H,91,110)(H,92,102)(H,93,103)(H,94,109)(H,95,105)(H,96,104)(H,97,106)(H,98,107)(H,99,108)(H,114,115)(H4,81,82,90)/t44-,52-,53-,54-,55-,56-,57-,58-,59-,60+/m0/s1. The number of nitrogen functional groups attached to an aromatic ring is 2. The zero-order chi connectivity index (χ0) is 83.7. The van der Waals surface area contributed by atoms with Crippen molar-refractivity contribution in [3.8, 4) is 0 Å². The van der Waals surface area contributed by atoms with Crippen molar-refractivity contribution in [3.05, 3.63) is 149 Å². The van der Waals surface area contributed by atoms with Crippen LogP contribution in [0, 0.1) is 5.92 Å². The third kappa shape index (κ3) is 28.9. The molecule has 7 rings (SSSR count). The number of guanidine groups is 1. The van der Waals surface area contributed by atoms with Crippen LogP contribution < -0.4 is 81.4 Å². The van der Waals surface area contributed by atoms with Crippen LogP contribution in [0.15, 0.2) is 121 Å². The Morgan fingerprint density at radius 2 is 1.01 bits per heavy atom. The first-order chi connectivity index (χ1) is 55.0. The molecule has 1 saturated heterocycles. The third-order valence-electron chi connectivity index (χ3n) is 18.6. The van der Waals surface area contributed by atoms with E-state index < -0.39 is 144 Å². The first-order valence-corrected chi connectivity index (χ1v) is 38.1. The lowest BCUT2D eigenvalue weighted by molar-refractivity contribution is -0.144. The lowest BCUT2D eigenvalue weighted by Gasteiger charge is -2.31. The van der Waals surface area contributed by atoms with Gasteiger partial charge in [-0.2, -0.15) is 0 Å². The number of fused-ring (bicyclic) bond motifs is 1. The number of unbranched alkanes of at least 4 members (excludes halogenated alkanes) is 2. The molecule has 115 heavy (non-hydrogen) atoms. The highest BCUT2D eigenvalue weighted by Gasteiger charge is 2.41. The van der Waals surface area contributed by atoms with Gasteiger partial charge < -0.3 is 96.5 Å². The summed E-state index contributed by atoms with van der Waals surface area (Å²) in [6.45, 7) is 4.94. The van der Waals surface area contributed by atoms with Crippen LogP contribution in [-0.4, -0.2) is 216 Å². The van der Waals surface area contributed by atoms with Crippen molar-refractivity contribution in [2.75, 3.05) is 44.3 Å². The van der Waals surface area contributed by atoms with Gasteiger partial charge in [0.25, 0.3) is 11.8 Å². The Labute approximate surface area is 668 Å². The molecule has 0 aliphatic carbocycles. The van der Waals surface area contributed by atoms with E-state index in [4.69, 9.17) is 34.5 Å². The number of aliphatic hydroxyl groups excluding tert-OH is 1. The second-order valence-corrected chi connectivity index (χ2v) is 28.5. The van der Waals surface area contributed by atoms with E-state index in [1.165, 1.54) is 55.9 Å². The van der Waals surface area contributed by atoms with Gasteiger partial charge in [0.1, 0.15) is 60.4 Å². The lowest BCUT2D eigenvalue weighted by Crippen LogP contribution is -2.61. The van der Waals surface area contributed by atoms with Crippen LogP contribution in [-0.2, 0) is 72.0 Å².